The number of carboxylic acid groups (broad SMARTS) is 1. The minimum absolute atomic E-state index is 0.244. The van der Waals surface area contributed by atoms with Crippen LogP contribution in [0.15, 0.2) is 11.7 Å². The van der Waals surface area contributed by atoms with Gasteiger partial charge in [-0.05, 0) is 17.9 Å². The fourth-order valence-corrected chi connectivity index (χ4v) is 3.32. The lowest BCUT2D eigenvalue weighted by Crippen LogP contribution is -2.48. The monoisotopic (exact) mass is 263 g/mol. The summed E-state index contributed by atoms with van der Waals surface area (Å²) in [6.07, 6.45) is 1.83. The van der Waals surface area contributed by atoms with Crippen molar-refractivity contribution in [3.63, 3.8) is 0 Å². The van der Waals surface area contributed by atoms with Gasteiger partial charge in [-0.1, -0.05) is 0 Å². The average molecular weight is 263 g/mol. The standard InChI is InChI=1S/C12H13N3O2S/c1-7-5-18-11-10(7)13-6-14-12(11)15-3-8(4-15)2-9(16)17/h5-6,8H,2-4H2,1H3,(H,16,17). The van der Waals surface area contributed by atoms with Gasteiger partial charge < -0.3 is 10.0 Å². The molecule has 0 unspecified atom stereocenters. The number of aryl methyl sites for hydroxylation is 1. The first kappa shape index (κ1) is 11.4. The summed E-state index contributed by atoms with van der Waals surface area (Å²) in [5.74, 6) is 0.466. The Morgan fingerprint density at radius 3 is 3.06 bits per heavy atom. The van der Waals surface area contributed by atoms with Crippen LogP contribution in [0.2, 0.25) is 0 Å². The number of carbonyl (C=O) groups is 1. The highest BCUT2D eigenvalue weighted by Crippen LogP contribution is 2.34. The van der Waals surface area contributed by atoms with Crippen molar-refractivity contribution in [3.8, 4) is 0 Å². The Labute approximate surface area is 108 Å². The zero-order valence-electron chi connectivity index (χ0n) is 9.96. The van der Waals surface area contributed by atoms with Crippen molar-refractivity contribution >= 4 is 33.3 Å². The normalized spacial score (nSPS) is 15.9. The minimum Gasteiger partial charge on any atom is -0.481 e. The van der Waals surface area contributed by atoms with Gasteiger partial charge in [-0.3, -0.25) is 4.79 Å². The van der Waals surface area contributed by atoms with Gasteiger partial charge >= 0.3 is 5.97 Å². The summed E-state index contributed by atoms with van der Waals surface area (Å²) in [5.41, 5.74) is 2.17. The second-order valence-corrected chi connectivity index (χ2v) is 5.54. The van der Waals surface area contributed by atoms with Crippen LogP contribution in [0.3, 0.4) is 0 Å². The number of hydrogen-bond donors (Lipinski definition) is 1. The minimum atomic E-state index is -0.723. The summed E-state index contributed by atoms with van der Waals surface area (Å²) in [7, 11) is 0. The van der Waals surface area contributed by atoms with Gasteiger partial charge in [0.2, 0.25) is 0 Å². The molecule has 0 aliphatic carbocycles. The number of carboxylic acids is 1. The Balaban J connectivity index is 1.82. The number of anilines is 1. The van der Waals surface area contributed by atoms with Crippen molar-refractivity contribution < 1.29 is 9.90 Å². The van der Waals surface area contributed by atoms with Crippen LogP contribution in [0.25, 0.3) is 10.2 Å². The molecule has 0 bridgehead atoms. The smallest absolute Gasteiger partial charge is 0.303 e. The van der Waals surface area contributed by atoms with Gasteiger partial charge in [0.05, 0.1) is 16.6 Å². The van der Waals surface area contributed by atoms with E-state index in [0.717, 1.165) is 29.1 Å². The van der Waals surface area contributed by atoms with Crippen LogP contribution in [-0.2, 0) is 4.79 Å². The number of rotatable bonds is 3. The highest BCUT2D eigenvalue weighted by Gasteiger charge is 2.30. The zero-order valence-corrected chi connectivity index (χ0v) is 10.8. The summed E-state index contributed by atoms with van der Waals surface area (Å²) in [5, 5.41) is 10.8. The van der Waals surface area contributed by atoms with Crippen molar-refractivity contribution in [2.45, 2.75) is 13.3 Å². The van der Waals surface area contributed by atoms with Gasteiger partial charge in [0.25, 0.3) is 0 Å². The van der Waals surface area contributed by atoms with Crippen LogP contribution in [-0.4, -0.2) is 34.1 Å². The van der Waals surface area contributed by atoms with E-state index in [2.05, 4.69) is 20.2 Å². The van der Waals surface area contributed by atoms with Crippen LogP contribution >= 0.6 is 11.3 Å². The first-order valence-electron chi connectivity index (χ1n) is 5.80. The van der Waals surface area contributed by atoms with Crippen molar-refractivity contribution in [3.05, 3.63) is 17.3 Å². The van der Waals surface area contributed by atoms with E-state index in [9.17, 15) is 4.79 Å². The molecule has 0 aromatic carbocycles. The first-order valence-corrected chi connectivity index (χ1v) is 6.68. The second-order valence-electron chi connectivity index (χ2n) is 4.66. The molecule has 1 fully saturated rings. The molecule has 0 radical (unpaired) electrons. The Hall–Kier alpha value is -1.69. The quantitative estimate of drug-likeness (QED) is 0.916. The SMILES string of the molecule is Cc1csc2c(N3CC(CC(=O)O)C3)ncnc12. The third kappa shape index (κ3) is 1.82. The van der Waals surface area contributed by atoms with Gasteiger partial charge in [-0.25, -0.2) is 9.97 Å². The fourth-order valence-electron chi connectivity index (χ4n) is 2.30. The predicted octanol–water partition coefficient (Wildman–Crippen LogP) is 1.91. The van der Waals surface area contributed by atoms with E-state index in [1.54, 1.807) is 17.7 Å². The first-order chi connectivity index (χ1) is 8.65. The maximum Gasteiger partial charge on any atom is 0.303 e. The average Bonchev–Trinajstić information content (AvgIpc) is 2.65. The van der Waals surface area contributed by atoms with E-state index in [-0.39, 0.29) is 12.3 Å². The highest BCUT2D eigenvalue weighted by molar-refractivity contribution is 7.18. The molecule has 0 atom stereocenters. The third-order valence-electron chi connectivity index (χ3n) is 3.23. The van der Waals surface area contributed by atoms with Crippen molar-refractivity contribution in [1.29, 1.82) is 0 Å². The van der Waals surface area contributed by atoms with Crippen LogP contribution in [0.4, 0.5) is 5.82 Å². The number of nitrogens with zero attached hydrogens (tertiary/aromatic N) is 3. The molecule has 2 aromatic rings. The Kier molecular flexibility index (Phi) is 2.66. The van der Waals surface area contributed by atoms with Gasteiger partial charge in [0.1, 0.15) is 12.1 Å². The second kappa shape index (κ2) is 4.20. The van der Waals surface area contributed by atoms with E-state index in [0.29, 0.717) is 0 Å². The molecule has 6 heteroatoms. The number of aromatic nitrogens is 2. The lowest BCUT2D eigenvalue weighted by Gasteiger charge is -2.39. The lowest BCUT2D eigenvalue weighted by atomic mass is 9.96. The van der Waals surface area contributed by atoms with Crippen LogP contribution in [0, 0.1) is 12.8 Å². The van der Waals surface area contributed by atoms with Gasteiger partial charge in [-0.2, -0.15) is 0 Å². The summed E-state index contributed by atoms with van der Waals surface area (Å²) in [6.45, 7) is 3.59. The number of fused-ring (bicyclic) bond motifs is 1. The van der Waals surface area contributed by atoms with E-state index in [4.69, 9.17) is 5.11 Å². The molecule has 2 aromatic heterocycles. The summed E-state index contributed by atoms with van der Waals surface area (Å²) >= 11 is 1.65. The third-order valence-corrected chi connectivity index (χ3v) is 4.32. The molecule has 0 amide bonds. The number of aliphatic carboxylic acids is 1. The number of hydrogen-bond acceptors (Lipinski definition) is 5. The van der Waals surface area contributed by atoms with Gasteiger partial charge in [0, 0.05) is 19.0 Å². The van der Waals surface area contributed by atoms with E-state index < -0.39 is 5.97 Å². The van der Waals surface area contributed by atoms with Crippen LogP contribution in [0.5, 0.6) is 0 Å². The van der Waals surface area contributed by atoms with Gasteiger partial charge in [0.15, 0.2) is 0 Å². The lowest BCUT2D eigenvalue weighted by molar-refractivity contribution is -0.138. The van der Waals surface area contributed by atoms with Crippen molar-refractivity contribution in [2.24, 2.45) is 5.92 Å². The molecule has 1 saturated heterocycles. The molecule has 1 aliphatic heterocycles. The van der Waals surface area contributed by atoms with Gasteiger partial charge in [-0.15, -0.1) is 11.3 Å². The molecule has 3 rings (SSSR count). The number of thiophene rings is 1. The topological polar surface area (TPSA) is 66.3 Å². The van der Waals surface area contributed by atoms with Crippen LogP contribution in [0.1, 0.15) is 12.0 Å². The van der Waals surface area contributed by atoms with E-state index in [1.165, 1.54) is 5.56 Å². The molecule has 0 spiro atoms. The highest BCUT2D eigenvalue weighted by atomic mass is 32.1. The molecule has 94 valence electrons. The maximum absolute atomic E-state index is 10.6. The summed E-state index contributed by atoms with van der Waals surface area (Å²) in [6, 6.07) is 0. The molecule has 0 saturated carbocycles. The molecular formula is C12H13N3O2S. The van der Waals surface area contributed by atoms with E-state index in [1.807, 2.05) is 6.92 Å². The molecule has 3 heterocycles. The molecule has 5 nitrogen and oxygen atoms in total. The molecule has 18 heavy (non-hydrogen) atoms. The predicted molar refractivity (Wildman–Crippen MR) is 70.1 cm³/mol. The Morgan fingerprint density at radius 1 is 1.56 bits per heavy atom. The van der Waals surface area contributed by atoms with Crippen molar-refractivity contribution in [1.82, 2.24) is 9.97 Å². The van der Waals surface area contributed by atoms with Crippen molar-refractivity contribution in [2.75, 3.05) is 18.0 Å². The zero-order chi connectivity index (χ0) is 12.7. The van der Waals surface area contributed by atoms with E-state index >= 15 is 0 Å². The Morgan fingerprint density at radius 2 is 2.33 bits per heavy atom. The van der Waals surface area contributed by atoms with Crippen LogP contribution < -0.4 is 4.90 Å². The Bertz CT molecular complexity index is 604. The summed E-state index contributed by atoms with van der Waals surface area (Å²) in [4.78, 5) is 21.4. The molecule has 1 aliphatic rings. The largest absolute Gasteiger partial charge is 0.481 e. The maximum atomic E-state index is 10.6. The fraction of sp³-hybridized carbons (Fsp3) is 0.417. The summed E-state index contributed by atoms with van der Waals surface area (Å²) < 4.78 is 1.10. The molecular weight excluding hydrogens is 250 g/mol. The molecule has 1 N–H and O–H groups in total.